The van der Waals surface area contributed by atoms with Crippen molar-refractivity contribution in [1.29, 1.82) is 5.26 Å². The van der Waals surface area contributed by atoms with E-state index in [1.807, 2.05) is 0 Å². The van der Waals surface area contributed by atoms with Gasteiger partial charge >= 0.3 is 0 Å². The van der Waals surface area contributed by atoms with Crippen molar-refractivity contribution in [2.45, 2.75) is 4.90 Å². The molecule has 0 fully saturated rings. The third-order valence-corrected chi connectivity index (χ3v) is 3.82. The van der Waals surface area contributed by atoms with Gasteiger partial charge in [-0.1, -0.05) is 0 Å². The summed E-state index contributed by atoms with van der Waals surface area (Å²) >= 11 is 3.09. The van der Waals surface area contributed by atoms with Crippen molar-refractivity contribution in [2.75, 3.05) is 4.72 Å². The normalized spacial score (nSPS) is 10.7. The highest BCUT2D eigenvalue weighted by Gasteiger charge is 2.19. The van der Waals surface area contributed by atoms with Gasteiger partial charge in [-0.2, -0.15) is 5.26 Å². The van der Waals surface area contributed by atoms with Crippen molar-refractivity contribution in [2.24, 2.45) is 0 Å². The van der Waals surface area contributed by atoms with E-state index < -0.39 is 10.0 Å². The van der Waals surface area contributed by atoms with Crippen LogP contribution in [0.15, 0.2) is 40.2 Å². The molecule has 9 heteroatoms. The summed E-state index contributed by atoms with van der Waals surface area (Å²) < 4.78 is 26.9. The fraction of sp³-hybridized carbons (Fsp3) is 0. The maximum Gasteiger partial charge on any atom is 0.265 e. The van der Waals surface area contributed by atoms with Crippen LogP contribution < -0.4 is 4.72 Å². The third kappa shape index (κ3) is 3.04. The number of pyridine rings is 1. The van der Waals surface area contributed by atoms with Crippen LogP contribution in [-0.2, 0) is 10.0 Å². The maximum absolute atomic E-state index is 12.1. The first-order chi connectivity index (χ1) is 9.03. The minimum absolute atomic E-state index is 0.0518. The zero-order valence-electron chi connectivity index (χ0n) is 9.28. The van der Waals surface area contributed by atoms with Gasteiger partial charge in [-0.25, -0.2) is 23.4 Å². The van der Waals surface area contributed by atoms with E-state index in [4.69, 9.17) is 5.26 Å². The van der Waals surface area contributed by atoms with Crippen molar-refractivity contribution in [3.63, 3.8) is 0 Å². The van der Waals surface area contributed by atoms with Gasteiger partial charge in [-0.3, -0.25) is 4.72 Å². The third-order valence-electron chi connectivity index (χ3n) is 2.03. The number of aromatic nitrogens is 3. The number of anilines is 1. The van der Waals surface area contributed by atoms with Gasteiger partial charge in [-0.05, 0) is 28.1 Å². The van der Waals surface area contributed by atoms with Crippen molar-refractivity contribution in [3.8, 4) is 6.07 Å². The van der Waals surface area contributed by atoms with E-state index in [-0.39, 0.29) is 16.4 Å². The topological polar surface area (TPSA) is 109 Å². The van der Waals surface area contributed by atoms with Crippen LogP contribution in [0.3, 0.4) is 0 Å². The molecule has 0 radical (unpaired) electrons. The quantitative estimate of drug-likeness (QED) is 0.902. The monoisotopic (exact) mass is 339 g/mol. The lowest BCUT2D eigenvalue weighted by atomic mass is 10.4. The minimum atomic E-state index is -3.92. The molecule has 2 aromatic rings. The summed E-state index contributed by atoms with van der Waals surface area (Å²) in [6.45, 7) is 0. The summed E-state index contributed by atoms with van der Waals surface area (Å²) in [4.78, 5) is 11.2. The second-order valence-electron chi connectivity index (χ2n) is 3.29. The smallest absolute Gasteiger partial charge is 0.262 e. The Hall–Kier alpha value is -2.05. The van der Waals surface area contributed by atoms with E-state index in [9.17, 15) is 8.42 Å². The average molecular weight is 340 g/mol. The molecule has 2 aromatic heterocycles. The molecule has 0 spiro atoms. The van der Waals surface area contributed by atoms with Gasteiger partial charge in [0.25, 0.3) is 10.0 Å². The van der Waals surface area contributed by atoms with Crippen LogP contribution in [0, 0.1) is 11.3 Å². The fourth-order valence-corrected chi connectivity index (χ4v) is 2.56. The average Bonchev–Trinajstić information content (AvgIpc) is 2.41. The summed E-state index contributed by atoms with van der Waals surface area (Å²) in [5.41, 5.74) is -0.180. The number of nitrogens with one attached hydrogen (secondary N) is 1. The molecule has 1 N–H and O–H groups in total. The van der Waals surface area contributed by atoms with Gasteiger partial charge in [-0.15, -0.1) is 0 Å². The van der Waals surface area contributed by atoms with Gasteiger partial charge in [0.15, 0.2) is 11.5 Å². The van der Waals surface area contributed by atoms with E-state index in [1.165, 1.54) is 30.7 Å². The second-order valence-corrected chi connectivity index (χ2v) is 5.76. The number of hydrogen-bond donors (Lipinski definition) is 1. The summed E-state index contributed by atoms with van der Waals surface area (Å²) in [7, 11) is -3.92. The Morgan fingerprint density at radius 3 is 2.68 bits per heavy atom. The zero-order chi connectivity index (χ0) is 13.9. The molecule has 0 amide bonds. The zero-order valence-corrected chi connectivity index (χ0v) is 11.7. The lowest BCUT2D eigenvalue weighted by molar-refractivity contribution is 0.600. The number of sulfonamides is 1. The first-order valence-electron chi connectivity index (χ1n) is 4.88. The highest BCUT2D eigenvalue weighted by atomic mass is 79.9. The van der Waals surface area contributed by atoms with E-state index >= 15 is 0 Å². The van der Waals surface area contributed by atoms with Crippen LogP contribution in [0.4, 0.5) is 5.82 Å². The number of nitriles is 1. The highest BCUT2D eigenvalue weighted by Crippen LogP contribution is 2.16. The van der Waals surface area contributed by atoms with Crippen molar-refractivity contribution in [1.82, 2.24) is 15.0 Å². The van der Waals surface area contributed by atoms with Gasteiger partial charge in [0.1, 0.15) is 15.6 Å². The standard InChI is InChI=1S/C10H6BrN5O2S/c11-9-5-15-10(6-14-9)16-19(17,18)8-2-1-3-13-7(8)4-12/h1-3,5-6H,(H,15,16). The van der Waals surface area contributed by atoms with Gasteiger partial charge in [0, 0.05) is 6.20 Å². The Morgan fingerprint density at radius 2 is 2.05 bits per heavy atom. The van der Waals surface area contributed by atoms with E-state index in [2.05, 4.69) is 35.6 Å². The Bertz CT molecular complexity index is 739. The van der Waals surface area contributed by atoms with Crippen LogP contribution in [-0.4, -0.2) is 23.4 Å². The molecule has 0 bridgehead atoms. The number of hydrogen-bond acceptors (Lipinski definition) is 6. The van der Waals surface area contributed by atoms with Crippen LogP contribution in [0.5, 0.6) is 0 Å². The van der Waals surface area contributed by atoms with Crippen LogP contribution in [0.2, 0.25) is 0 Å². The van der Waals surface area contributed by atoms with Gasteiger partial charge < -0.3 is 0 Å². The molecule has 0 atom stereocenters. The van der Waals surface area contributed by atoms with Crippen molar-refractivity contribution in [3.05, 3.63) is 41.0 Å². The second kappa shape index (κ2) is 5.29. The van der Waals surface area contributed by atoms with Crippen molar-refractivity contribution >= 4 is 31.8 Å². The molecule has 96 valence electrons. The predicted octanol–water partition coefficient (Wildman–Crippen LogP) is 1.31. The van der Waals surface area contributed by atoms with Crippen LogP contribution in [0.1, 0.15) is 5.69 Å². The number of halogens is 1. The Balaban J connectivity index is 2.38. The molecule has 0 aliphatic carbocycles. The van der Waals surface area contributed by atoms with E-state index in [0.29, 0.717) is 4.60 Å². The first kappa shape index (κ1) is 13.4. The minimum Gasteiger partial charge on any atom is -0.262 e. The largest absolute Gasteiger partial charge is 0.265 e. The summed E-state index contributed by atoms with van der Waals surface area (Å²) in [6, 6.07) is 4.45. The van der Waals surface area contributed by atoms with E-state index in [1.54, 1.807) is 6.07 Å². The van der Waals surface area contributed by atoms with Crippen LogP contribution >= 0.6 is 15.9 Å². The molecule has 0 saturated carbocycles. The van der Waals surface area contributed by atoms with Gasteiger partial charge in [0.2, 0.25) is 0 Å². The van der Waals surface area contributed by atoms with Gasteiger partial charge in [0.05, 0.1) is 12.4 Å². The van der Waals surface area contributed by atoms with Crippen LogP contribution in [0.25, 0.3) is 0 Å². The Labute approximate surface area is 117 Å². The number of rotatable bonds is 3. The molecule has 0 aliphatic heterocycles. The molecule has 0 unspecified atom stereocenters. The molecular formula is C10H6BrN5O2S. The maximum atomic E-state index is 12.1. The molecule has 0 saturated heterocycles. The Morgan fingerprint density at radius 1 is 1.26 bits per heavy atom. The molecule has 2 heterocycles. The van der Waals surface area contributed by atoms with E-state index in [0.717, 1.165) is 0 Å². The van der Waals surface area contributed by atoms with Crippen molar-refractivity contribution < 1.29 is 8.42 Å². The molecule has 19 heavy (non-hydrogen) atoms. The fourth-order valence-electron chi connectivity index (χ4n) is 1.25. The first-order valence-corrected chi connectivity index (χ1v) is 7.16. The predicted molar refractivity (Wildman–Crippen MR) is 69.5 cm³/mol. The molecule has 0 aliphatic rings. The Kier molecular flexibility index (Phi) is 3.73. The molecule has 2 rings (SSSR count). The number of nitrogens with zero attached hydrogens (tertiary/aromatic N) is 4. The SMILES string of the molecule is N#Cc1ncccc1S(=O)(=O)Nc1cnc(Br)cn1. The molecular weight excluding hydrogens is 334 g/mol. The lowest BCUT2D eigenvalue weighted by Crippen LogP contribution is -2.16. The summed E-state index contributed by atoms with van der Waals surface area (Å²) in [5, 5.41) is 8.85. The lowest BCUT2D eigenvalue weighted by Gasteiger charge is -2.07. The molecule has 0 aromatic carbocycles. The summed E-state index contributed by atoms with van der Waals surface area (Å²) in [5.74, 6) is 0.0518. The highest BCUT2D eigenvalue weighted by molar-refractivity contribution is 9.10. The molecule has 7 nitrogen and oxygen atoms in total. The summed E-state index contributed by atoms with van der Waals surface area (Å²) in [6.07, 6.45) is 3.95.